The number of fused-ring (bicyclic) bond motifs is 1. The molecule has 26 heavy (non-hydrogen) atoms. The van der Waals surface area contributed by atoms with E-state index in [-0.39, 0.29) is 11.5 Å². The van der Waals surface area contributed by atoms with Gasteiger partial charge in [-0.05, 0) is 31.9 Å². The summed E-state index contributed by atoms with van der Waals surface area (Å²) < 4.78 is 0. The number of nitrogens with zero attached hydrogens (tertiary/aromatic N) is 5. The lowest BCUT2D eigenvalue weighted by atomic mass is 10.1. The number of nitrogens with one attached hydrogen (secondary N) is 1. The summed E-state index contributed by atoms with van der Waals surface area (Å²) in [7, 11) is 0. The number of aryl methyl sites for hydroxylation is 1. The van der Waals surface area contributed by atoms with Crippen LogP contribution in [-0.2, 0) is 0 Å². The standard InChI is InChI=1S/C18H18N6O2/c1-12-7-8-13-5-4-6-14(15(13)21-12)22-17-16(24(25)26)18(20-11-19-17)23-9-2-3-10-23/h4-8,11H,2-3,9-10H2,1H3,(H,19,20,22). The number of rotatable bonds is 4. The van der Waals surface area contributed by atoms with Gasteiger partial charge in [-0.2, -0.15) is 0 Å². The van der Waals surface area contributed by atoms with Crippen molar-refractivity contribution in [2.24, 2.45) is 0 Å². The number of para-hydroxylation sites is 1. The smallest absolute Gasteiger partial charge is 0.351 e. The van der Waals surface area contributed by atoms with E-state index in [2.05, 4.69) is 20.3 Å². The third-order valence-electron chi connectivity index (χ3n) is 4.50. The fourth-order valence-corrected chi connectivity index (χ4v) is 3.26. The third-order valence-corrected chi connectivity index (χ3v) is 4.50. The normalized spacial score (nSPS) is 14.0. The summed E-state index contributed by atoms with van der Waals surface area (Å²) in [4.78, 5) is 26.2. The fourth-order valence-electron chi connectivity index (χ4n) is 3.26. The maximum atomic E-state index is 11.8. The van der Waals surface area contributed by atoms with E-state index >= 15 is 0 Å². The number of benzene rings is 1. The van der Waals surface area contributed by atoms with Gasteiger partial charge in [0, 0.05) is 24.2 Å². The molecule has 1 fully saturated rings. The molecule has 1 aromatic carbocycles. The molecule has 8 nitrogen and oxygen atoms in total. The van der Waals surface area contributed by atoms with Crippen LogP contribution in [0.25, 0.3) is 10.9 Å². The van der Waals surface area contributed by atoms with Crippen molar-refractivity contribution in [2.45, 2.75) is 19.8 Å². The molecule has 0 radical (unpaired) electrons. The minimum Gasteiger partial charge on any atom is -0.351 e. The van der Waals surface area contributed by atoms with E-state index < -0.39 is 4.92 Å². The van der Waals surface area contributed by atoms with Crippen LogP contribution in [0.3, 0.4) is 0 Å². The lowest BCUT2D eigenvalue weighted by Crippen LogP contribution is -2.21. The number of pyridine rings is 1. The molecule has 1 N–H and O–H groups in total. The fraction of sp³-hybridized carbons (Fsp3) is 0.278. The lowest BCUT2D eigenvalue weighted by Gasteiger charge is -2.17. The molecule has 1 saturated heterocycles. The first-order valence-electron chi connectivity index (χ1n) is 8.51. The molecule has 0 bridgehead atoms. The van der Waals surface area contributed by atoms with Crippen LogP contribution in [0.15, 0.2) is 36.7 Å². The molecular formula is C18H18N6O2. The average molecular weight is 350 g/mol. The first-order valence-corrected chi connectivity index (χ1v) is 8.51. The molecule has 3 heterocycles. The van der Waals surface area contributed by atoms with Gasteiger partial charge in [0.25, 0.3) is 0 Å². The Hall–Kier alpha value is -3.29. The lowest BCUT2D eigenvalue weighted by molar-refractivity contribution is -0.383. The van der Waals surface area contributed by atoms with Gasteiger partial charge in [-0.1, -0.05) is 18.2 Å². The Morgan fingerprint density at radius 2 is 1.96 bits per heavy atom. The summed E-state index contributed by atoms with van der Waals surface area (Å²) in [5.41, 5.74) is 2.21. The molecule has 2 aromatic heterocycles. The summed E-state index contributed by atoms with van der Waals surface area (Å²) in [6.45, 7) is 3.45. The number of hydrogen-bond acceptors (Lipinski definition) is 7. The van der Waals surface area contributed by atoms with Crippen LogP contribution in [0.1, 0.15) is 18.5 Å². The maximum absolute atomic E-state index is 11.8. The Morgan fingerprint density at radius 3 is 2.73 bits per heavy atom. The highest BCUT2D eigenvalue weighted by atomic mass is 16.6. The SMILES string of the molecule is Cc1ccc2cccc(Nc3ncnc(N4CCCC4)c3[N+](=O)[O-])c2n1. The predicted octanol–water partition coefficient (Wildman–Crippen LogP) is 3.59. The van der Waals surface area contributed by atoms with E-state index in [4.69, 9.17) is 0 Å². The molecule has 1 aliphatic heterocycles. The predicted molar refractivity (Wildman–Crippen MR) is 99.9 cm³/mol. The zero-order valence-corrected chi connectivity index (χ0v) is 14.3. The van der Waals surface area contributed by atoms with Gasteiger partial charge in [-0.3, -0.25) is 15.1 Å². The number of hydrogen-bond donors (Lipinski definition) is 1. The second kappa shape index (κ2) is 6.55. The number of aromatic nitrogens is 3. The number of nitro groups is 1. The third kappa shape index (κ3) is 2.90. The van der Waals surface area contributed by atoms with E-state index in [0.717, 1.165) is 42.5 Å². The van der Waals surface area contributed by atoms with Crippen molar-refractivity contribution >= 4 is 33.9 Å². The highest BCUT2D eigenvalue weighted by Crippen LogP contribution is 2.36. The van der Waals surface area contributed by atoms with E-state index in [1.165, 1.54) is 6.33 Å². The van der Waals surface area contributed by atoms with Crippen LogP contribution in [0.2, 0.25) is 0 Å². The summed E-state index contributed by atoms with van der Waals surface area (Å²) >= 11 is 0. The topological polar surface area (TPSA) is 97.1 Å². The Bertz CT molecular complexity index is 985. The van der Waals surface area contributed by atoms with E-state index in [9.17, 15) is 10.1 Å². The van der Waals surface area contributed by atoms with Crippen LogP contribution in [0, 0.1) is 17.0 Å². The Kier molecular flexibility index (Phi) is 4.08. The molecular weight excluding hydrogens is 332 g/mol. The summed E-state index contributed by atoms with van der Waals surface area (Å²) in [5.74, 6) is 0.553. The highest BCUT2D eigenvalue weighted by Gasteiger charge is 2.28. The molecule has 1 aliphatic rings. The van der Waals surface area contributed by atoms with Gasteiger partial charge in [0.1, 0.15) is 6.33 Å². The minimum atomic E-state index is -0.417. The Balaban J connectivity index is 1.80. The molecule has 0 amide bonds. The van der Waals surface area contributed by atoms with Crippen LogP contribution < -0.4 is 10.2 Å². The molecule has 132 valence electrons. The van der Waals surface area contributed by atoms with Crippen LogP contribution in [0.5, 0.6) is 0 Å². The van der Waals surface area contributed by atoms with Crippen LogP contribution in [0.4, 0.5) is 23.0 Å². The quantitative estimate of drug-likeness (QED) is 0.567. The van der Waals surface area contributed by atoms with E-state index in [0.29, 0.717) is 11.5 Å². The van der Waals surface area contributed by atoms with Gasteiger partial charge in [0.05, 0.1) is 16.1 Å². The summed E-state index contributed by atoms with van der Waals surface area (Å²) in [6, 6.07) is 9.60. The van der Waals surface area contributed by atoms with Crippen LogP contribution >= 0.6 is 0 Å². The average Bonchev–Trinajstić information content (AvgIpc) is 3.16. The Morgan fingerprint density at radius 1 is 1.15 bits per heavy atom. The summed E-state index contributed by atoms with van der Waals surface area (Å²) in [6.07, 6.45) is 3.39. The van der Waals surface area contributed by atoms with Crippen molar-refractivity contribution in [1.29, 1.82) is 0 Å². The molecule has 0 saturated carbocycles. The minimum absolute atomic E-state index is 0.0981. The van der Waals surface area contributed by atoms with Crippen molar-refractivity contribution < 1.29 is 4.92 Å². The van der Waals surface area contributed by atoms with Gasteiger partial charge in [0.15, 0.2) is 0 Å². The van der Waals surface area contributed by atoms with Crippen molar-refractivity contribution in [1.82, 2.24) is 15.0 Å². The summed E-state index contributed by atoms with van der Waals surface area (Å²) in [5, 5.41) is 15.8. The maximum Gasteiger partial charge on any atom is 0.353 e. The number of anilines is 3. The molecule has 4 rings (SSSR count). The van der Waals surface area contributed by atoms with Crippen LogP contribution in [-0.4, -0.2) is 33.0 Å². The van der Waals surface area contributed by atoms with Gasteiger partial charge in [-0.25, -0.2) is 9.97 Å². The molecule has 0 unspecified atom stereocenters. The van der Waals surface area contributed by atoms with Gasteiger partial charge < -0.3 is 10.2 Å². The van der Waals surface area contributed by atoms with Gasteiger partial charge >= 0.3 is 5.69 Å². The molecule has 0 spiro atoms. The van der Waals surface area contributed by atoms with Crippen molar-refractivity contribution in [3.05, 3.63) is 52.5 Å². The zero-order valence-electron chi connectivity index (χ0n) is 14.3. The highest BCUT2D eigenvalue weighted by molar-refractivity contribution is 5.93. The molecule has 0 aliphatic carbocycles. The second-order valence-electron chi connectivity index (χ2n) is 6.30. The zero-order chi connectivity index (χ0) is 18.1. The van der Waals surface area contributed by atoms with Crippen molar-refractivity contribution in [3.8, 4) is 0 Å². The van der Waals surface area contributed by atoms with E-state index in [1.54, 1.807) is 0 Å². The second-order valence-corrected chi connectivity index (χ2v) is 6.30. The first-order chi connectivity index (χ1) is 12.6. The Labute approximate surface area is 150 Å². The molecule has 0 atom stereocenters. The first kappa shape index (κ1) is 16.2. The van der Waals surface area contributed by atoms with Gasteiger partial charge in [0.2, 0.25) is 11.6 Å². The monoisotopic (exact) mass is 350 g/mol. The molecule has 8 heteroatoms. The van der Waals surface area contributed by atoms with Gasteiger partial charge in [-0.15, -0.1) is 0 Å². The largest absolute Gasteiger partial charge is 0.353 e. The molecule has 3 aromatic rings. The van der Waals surface area contributed by atoms with Crippen molar-refractivity contribution in [2.75, 3.05) is 23.3 Å². The van der Waals surface area contributed by atoms with E-state index in [1.807, 2.05) is 42.2 Å². The van der Waals surface area contributed by atoms with Crippen molar-refractivity contribution in [3.63, 3.8) is 0 Å².